The van der Waals surface area contributed by atoms with Crippen LogP contribution in [0.5, 0.6) is 11.5 Å². The molecule has 0 bridgehead atoms. The summed E-state index contributed by atoms with van der Waals surface area (Å²) in [5, 5.41) is 10.6. The smallest absolute Gasteiger partial charge is 0.243 e. The zero-order valence-corrected chi connectivity index (χ0v) is 15.1. The first kappa shape index (κ1) is 18.5. The maximum absolute atomic E-state index is 14.1. The van der Waals surface area contributed by atoms with Crippen LogP contribution in [0.2, 0.25) is 0 Å². The number of hydrogen-bond donors (Lipinski definition) is 1. The fourth-order valence-electron chi connectivity index (χ4n) is 2.56. The van der Waals surface area contributed by atoms with E-state index < -0.39 is 11.6 Å². The van der Waals surface area contributed by atoms with Crippen LogP contribution in [-0.2, 0) is 6.54 Å². The Labute approximate surface area is 155 Å². The molecule has 0 atom stereocenters. The van der Waals surface area contributed by atoms with Gasteiger partial charge in [-0.15, -0.1) is 5.10 Å². The third-order valence-electron chi connectivity index (χ3n) is 4.05. The SMILES string of the molecule is COc1ccc(-c2cnnc(NCc3c(F)ccc(C)c3F)n2)c(OC)c1. The second-order valence-corrected chi connectivity index (χ2v) is 5.74. The number of aryl methyl sites for hydroxylation is 1. The number of ether oxygens (including phenoxy) is 2. The van der Waals surface area contributed by atoms with Crippen molar-refractivity contribution in [3.63, 3.8) is 0 Å². The molecule has 3 aromatic rings. The summed E-state index contributed by atoms with van der Waals surface area (Å²) in [6, 6.07) is 7.90. The van der Waals surface area contributed by atoms with Gasteiger partial charge >= 0.3 is 0 Å². The van der Waals surface area contributed by atoms with Crippen LogP contribution in [0.15, 0.2) is 36.5 Å². The van der Waals surface area contributed by atoms with Crippen molar-refractivity contribution in [3.05, 3.63) is 59.3 Å². The molecule has 8 heteroatoms. The second kappa shape index (κ2) is 7.94. The summed E-state index contributed by atoms with van der Waals surface area (Å²) >= 11 is 0. The van der Waals surface area contributed by atoms with E-state index in [0.29, 0.717) is 28.3 Å². The van der Waals surface area contributed by atoms with Gasteiger partial charge in [-0.1, -0.05) is 6.07 Å². The molecule has 0 saturated carbocycles. The van der Waals surface area contributed by atoms with Gasteiger partial charge in [0.15, 0.2) is 0 Å². The summed E-state index contributed by atoms with van der Waals surface area (Å²) in [5.41, 5.74) is 1.47. The molecule has 0 saturated heterocycles. The Bertz CT molecular complexity index is 966. The van der Waals surface area contributed by atoms with E-state index in [0.717, 1.165) is 0 Å². The summed E-state index contributed by atoms with van der Waals surface area (Å²) in [6.45, 7) is 1.47. The van der Waals surface area contributed by atoms with Gasteiger partial charge in [0, 0.05) is 23.7 Å². The number of nitrogens with zero attached hydrogens (tertiary/aromatic N) is 3. The van der Waals surface area contributed by atoms with Crippen molar-refractivity contribution >= 4 is 5.95 Å². The van der Waals surface area contributed by atoms with Crippen LogP contribution in [-0.4, -0.2) is 29.4 Å². The van der Waals surface area contributed by atoms with Gasteiger partial charge in [-0.25, -0.2) is 13.8 Å². The molecule has 27 heavy (non-hydrogen) atoms. The lowest BCUT2D eigenvalue weighted by Crippen LogP contribution is -2.09. The van der Waals surface area contributed by atoms with Crippen LogP contribution in [0.1, 0.15) is 11.1 Å². The monoisotopic (exact) mass is 372 g/mol. The number of halogens is 2. The third kappa shape index (κ3) is 3.94. The van der Waals surface area contributed by atoms with E-state index in [2.05, 4.69) is 20.5 Å². The molecule has 140 valence electrons. The fraction of sp³-hybridized carbons (Fsp3) is 0.211. The Balaban J connectivity index is 1.86. The maximum Gasteiger partial charge on any atom is 0.243 e. The van der Waals surface area contributed by atoms with E-state index in [-0.39, 0.29) is 18.1 Å². The molecule has 6 nitrogen and oxygen atoms in total. The number of methoxy groups -OCH3 is 2. The molecule has 1 aromatic heterocycles. The van der Waals surface area contributed by atoms with Gasteiger partial charge < -0.3 is 14.8 Å². The summed E-state index contributed by atoms with van der Waals surface area (Å²) in [5.74, 6) is 0.110. The predicted octanol–water partition coefficient (Wildman–Crippen LogP) is 3.75. The summed E-state index contributed by atoms with van der Waals surface area (Å²) in [6.07, 6.45) is 1.48. The summed E-state index contributed by atoms with van der Waals surface area (Å²) < 4.78 is 38.5. The predicted molar refractivity (Wildman–Crippen MR) is 96.8 cm³/mol. The van der Waals surface area contributed by atoms with Gasteiger partial charge in [-0.05, 0) is 30.7 Å². The highest BCUT2D eigenvalue weighted by molar-refractivity contribution is 5.68. The zero-order valence-electron chi connectivity index (χ0n) is 15.1. The largest absolute Gasteiger partial charge is 0.497 e. The van der Waals surface area contributed by atoms with Crippen LogP contribution in [0.4, 0.5) is 14.7 Å². The molecule has 0 amide bonds. The van der Waals surface area contributed by atoms with Crippen LogP contribution in [0, 0.1) is 18.6 Å². The number of hydrogen-bond acceptors (Lipinski definition) is 6. The van der Waals surface area contributed by atoms with Gasteiger partial charge in [0.05, 0.1) is 26.1 Å². The Hall–Kier alpha value is -3.29. The van der Waals surface area contributed by atoms with Crippen molar-refractivity contribution in [1.29, 1.82) is 0 Å². The van der Waals surface area contributed by atoms with Crippen molar-refractivity contribution in [3.8, 4) is 22.8 Å². The van der Waals surface area contributed by atoms with E-state index in [1.54, 1.807) is 32.2 Å². The van der Waals surface area contributed by atoms with Crippen molar-refractivity contribution < 1.29 is 18.3 Å². The van der Waals surface area contributed by atoms with Crippen LogP contribution in [0.3, 0.4) is 0 Å². The Morgan fingerprint density at radius 1 is 1.07 bits per heavy atom. The topological polar surface area (TPSA) is 69.2 Å². The highest BCUT2D eigenvalue weighted by Gasteiger charge is 2.13. The molecule has 0 spiro atoms. The average molecular weight is 372 g/mol. The van der Waals surface area contributed by atoms with E-state index in [1.165, 1.54) is 25.4 Å². The van der Waals surface area contributed by atoms with Gasteiger partial charge in [0.25, 0.3) is 0 Å². The molecule has 1 heterocycles. The van der Waals surface area contributed by atoms with Gasteiger partial charge in [0.2, 0.25) is 5.95 Å². The molecular weight excluding hydrogens is 354 g/mol. The van der Waals surface area contributed by atoms with E-state index >= 15 is 0 Å². The third-order valence-corrected chi connectivity index (χ3v) is 4.05. The normalized spacial score (nSPS) is 10.6. The van der Waals surface area contributed by atoms with Crippen LogP contribution < -0.4 is 14.8 Å². The highest BCUT2D eigenvalue weighted by atomic mass is 19.1. The minimum Gasteiger partial charge on any atom is -0.497 e. The molecule has 0 unspecified atom stereocenters. The van der Waals surface area contributed by atoms with Crippen molar-refractivity contribution in [2.45, 2.75) is 13.5 Å². The lowest BCUT2D eigenvalue weighted by atomic mass is 10.1. The first-order valence-corrected chi connectivity index (χ1v) is 8.13. The van der Waals surface area contributed by atoms with E-state index in [1.807, 2.05) is 0 Å². The summed E-state index contributed by atoms with van der Waals surface area (Å²) in [7, 11) is 3.10. The number of benzene rings is 2. The van der Waals surface area contributed by atoms with Crippen LogP contribution >= 0.6 is 0 Å². The molecule has 0 radical (unpaired) electrons. The lowest BCUT2D eigenvalue weighted by molar-refractivity contribution is 0.395. The Morgan fingerprint density at radius 2 is 1.89 bits per heavy atom. The Morgan fingerprint density at radius 3 is 2.63 bits per heavy atom. The number of anilines is 1. The summed E-state index contributed by atoms with van der Waals surface area (Å²) in [4.78, 5) is 4.35. The average Bonchev–Trinajstić information content (AvgIpc) is 2.70. The van der Waals surface area contributed by atoms with Crippen molar-refractivity contribution in [1.82, 2.24) is 15.2 Å². The van der Waals surface area contributed by atoms with Crippen molar-refractivity contribution in [2.75, 3.05) is 19.5 Å². The number of aromatic nitrogens is 3. The molecule has 0 aliphatic rings. The minimum absolute atomic E-state index is 0.0777. The van der Waals surface area contributed by atoms with Gasteiger partial charge in [0.1, 0.15) is 23.1 Å². The number of rotatable bonds is 6. The molecule has 0 aliphatic heterocycles. The van der Waals surface area contributed by atoms with E-state index in [4.69, 9.17) is 9.47 Å². The fourth-order valence-corrected chi connectivity index (χ4v) is 2.56. The maximum atomic E-state index is 14.1. The second-order valence-electron chi connectivity index (χ2n) is 5.74. The highest BCUT2D eigenvalue weighted by Crippen LogP contribution is 2.32. The van der Waals surface area contributed by atoms with E-state index in [9.17, 15) is 8.78 Å². The molecule has 0 fully saturated rings. The first-order valence-electron chi connectivity index (χ1n) is 8.13. The van der Waals surface area contributed by atoms with Gasteiger partial charge in [-0.3, -0.25) is 0 Å². The quantitative estimate of drug-likeness (QED) is 0.711. The molecular formula is C19H18F2N4O2. The Kier molecular flexibility index (Phi) is 5.44. The van der Waals surface area contributed by atoms with Gasteiger partial charge in [-0.2, -0.15) is 5.10 Å². The molecule has 1 N–H and O–H groups in total. The standard InChI is InChI=1S/C19H18F2N4O2/c1-11-4-7-15(20)14(18(11)21)9-22-19-24-16(10-23-25-19)13-6-5-12(26-2)8-17(13)27-3/h4-8,10H,9H2,1-3H3,(H,22,24,25). The minimum atomic E-state index is -0.633. The first-order chi connectivity index (χ1) is 13.0. The number of nitrogens with one attached hydrogen (secondary N) is 1. The van der Waals surface area contributed by atoms with Crippen LogP contribution in [0.25, 0.3) is 11.3 Å². The molecule has 3 rings (SSSR count). The molecule has 0 aliphatic carbocycles. The zero-order chi connectivity index (χ0) is 19.4. The molecule has 2 aromatic carbocycles. The van der Waals surface area contributed by atoms with Crippen molar-refractivity contribution in [2.24, 2.45) is 0 Å². The lowest BCUT2D eigenvalue weighted by Gasteiger charge is -2.11.